The third-order valence-electron chi connectivity index (χ3n) is 12.2. The Morgan fingerprint density at radius 3 is 1.19 bits per heavy atom. The van der Waals surface area contributed by atoms with E-state index in [1.54, 1.807) is 12.4 Å². The second-order valence-corrected chi connectivity index (χ2v) is 20.1. The second kappa shape index (κ2) is 25.6. The Morgan fingerprint density at radius 1 is 0.500 bits per heavy atom. The lowest BCUT2D eigenvalue weighted by molar-refractivity contribution is 0.0943. The number of aliphatic imine (C=N–C) groups is 2. The van der Waals surface area contributed by atoms with E-state index in [9.17, 15) is 19.8 Å². The summed E-state index contributed by atoms with van der Waals surface area (Å²) in [6.07, 6.45) is 4.97. The molecule has 6 aromatic carbocycles. The summed E-state index contributed by atoms with van der Waals surface area (Å²) in [5, 5.41) is 29.7. The number of benzene rings is 6. The number of nitrogens with one attached hydrogen (secondary N) is 2. The van der Waals surface area contributed by atoms with Crippen LogP contribution in [-0.4, -0.2) is 83.5 Å². The molecule has 2 amide bonds. The Morgan fingerprint density at radius 2 is 0.843 bits per heavy atom. The molecule has 10 nitrogen and oxygen atoms in total. The molecule has 0 aliphatic rings. The van der Waals surface area contributed by atoms with Gasteiger partial charge in [0, 0.05) is 98.2 Å². The van der Waals surface area contributed by atoms with Crippen LogP contribution < -0.4 is 10.6 Å². The third-order valence-corrected chi connectivity index (χ3v) is 12.2. The minimum atomic E-state index is -0.178. The van der Waals surface area contributed by atoms with Gasteiger partial charge in [-0.3, -0.25) is 29.4 Å². The Hall–Kier alpha value is -6.88. The first-order chi connectivity index (χ1) is 33.6. The Bertz CT molecular complexity index is 2460. The normalized spacial score (nSPS) is 12.1. The monoisotopic (exact) mass is 941 g/mol. The van der Waals surface area contributed by atoms with Crippen molar-refractivity contribution in [1.29, 1.82) is 0 Å². The van der Waals surface area contributed by atoms with Crippen molar-refractivity contribution < 1.29 is 19.8 Å². The van der Waals surface area contributed by atoms with Crippen molar-refractivity contribution >= 4 is 24.2 Å². The number of rotatable bonds is 23. The van der Waals surface area contributed by atoms with Gasteiger partial charge in [0.05, 0.1) is 13.1 Å². The Balaban J connectivity index is 1.13. The maximum atomic E-state index is 12.7. The summed E-state index contributed by atoms with van der Waals surface area (Å²) in [7, 11) is 0. The summed E-state index contributed by atoms with van der Waals surface area (Å²) in [6.45, 7) is 18.7. The fourth-order valence-corrected chi connectivity index (χ4v) is 8.17. The van der Waals surface area contributed by atoms with E-state index in [2.05, 4.69) is 98.4 Å². The van der Waals surface area contributed by atoms with Gasteiger partial charge in [-0.05, 0) is 82.3 Å². The van der Waals surface area contributed by atoms with Crippen LogP contribution in [-0.2, 0) is 37.0 Å². The zero-order valence-electron chi connectivity index (χ0n) is 42.0. The van der Waals surface area contributed by atoms with Crippen molar-refractivity contribution in [2.45, 2.75) is 91.4 Å². The van der Waals surface area contributed by atoms with Gasteiger partial charge in [0.15, 0.2) is 0 Å². The van der Waals surface area contributed by atoms with Gasteiger partial charge in [0.1, 0.15) is 11.5 Å². The molecule has 366 valence electrons. The van der Waals surface area contributed by atoms with Crippen LogP contribution in [0.1, 0.15) is 120 Å². The van der Waals surface area contributed by atoms with Crippen LogP contribution in [0, 0.1) is 0 Å². The summed E-state index contributed by atoms with van der Waals surface area (Å²) in [5.41, 5.74) is 8.39. The molecule has 0 saturated heterocycles. The van der Waals surface area contributed by atoms with E-state index in [0.717, 1.165) is 35.1 Å². The predicted octanol–water partition coefficient (Wildman–Crippen LogP) is 10.9. The molecule has 6 rings (SSSR count). The Kier molecular flexibility index (Phi) is 19.2. The predicted molar refractivity (Wildman–Crippen MR) is 286 cm³/mol. The third kappa shape index (κ3) is 16.4. The standard InChI is InChI=1S/C60H72N6O4/c1-59(2,3)53-35-49(55(67)51(37-53)43-65(41-45-21-11-7-12-22-45)33-19-29-63-57(69)47-25-15-9-16-26-47)39-61-31-32-62-40-50-36-54(60(4,5)6)38-52(56(50)68)44-66(42-46-23-13-8-14-24-46)34-20-30-64-58(70)48-27-17-10-18-28-48/h7-18,21-28,35-40,67-68H,19-20,29-34,41-44H2,1-6H3,(H,63,69)(H,64,70). The maximum absolute atomic E-state index is 12.7. The molecule has 0 spiro atoms. The average Bonchev–Trinajstić information content (AvgIpc) is 3.35. The van der Waals surface area contributed by atoms with Crippen LogP contribution in [0.15, 0.2) is 156 Å². The zero-order chi connectivity index (χ0) is 49.9. The van der Waals surface area contributed by atoms with Gasteiger partial charge in [-0.15, -0.1) is 0 Å². The van der Waals surface area contributed by atoms with Crippen LogP contribution in [0.4, 0.5) is 0 Å². The quantitative estimate of drug-likeness (QED) is 0.0374. The molecule has 10 heteroatoms. The van der Waals surface area contributed by atoms with E-state index in [1.165, 1.54) is 11.1 Å². The number of amides is 2. The van der Waals surface area contributed by atoms with Crippen LogP contribution in [0.2, 0.25) is 0 Å². The highest BCUT2D eigenvalue weighted by molar-refractivity contribution is 5.94. The number of carbonyl (C=O) groups excluding carboxylic acids is 2. The molecule has 6 aromatic rings. The summed E-state index contributed by atoms with van der Waals surface area (Å²) >= 11 is 0. The van der Waals surface area contributed by atoms with Crippen molar-refractivity contribution in [3.8, 4) is 11.5 Å². The summed E-state index contributed by atoms with van der Waals surface area (Å²) in [4.78, 5) is 39.5. The number of aromatic hydroxyl groups is 2. The van der Waals surface area contributed by atoms with Crippen molar-refractivity contribution in [3.05, 3.63) is 201 Å². The van der Waals surface area contributed by atoms with E-state index in [1.807, 2.05) is 109 Å². The van der Waals surface area contributed by atoms with Crippen molar-refractivity contribution in [2.75, 3.05) is 39.3 Å². The van der Waals surface area contributed by atoms with Crippen LogP contribution in [0.5, 0.6) is 11.5 Å². The van der Waals surface area contributed by atoms with E-state index >= 15 is 0 Å². The highest BCUT2D eigenvalue weighted by Crippen LogP contribution is 2.33. The molecule has 0 saturated carbocycles. The lowest BCUT2D eigenvalue weighted by atomic mass is 9.84. The highest BCUT2D eigenvalue weighted by atomic mass is 16.3. The summed E-state index contributed by atoms with van der Waals surface area (Å²) in [5.74, 6) is 0.224. The molecule has 0 atom stereocenters. The van der Waals surface area contributed by atoms with Crippen molar-refractivity contribution in [2.24, 2.45) is 9.98 Å². The van der Waals surface area contributed by atoms with Crippen molar-refractivity contribution in [1.82, 2.24) is 20.4 Å². The number of phenolic OH excluding ortho intramolecular Hbond substituents is 2. The van der Waals surface area contributed by atoms with Gasteiger partial charge in [0.25, 0.3) is 11.8 Å². The summed E-state index contributed by atoms with van der Waals surface area (Å²) < 4.78 is 0. The van der Waals surface area contributed by atoms with Crippen molar-refractivity contribution in [3.63, 3.8) is 0 Å². The molecule has 0 bridgehead atoms. The van der Waals surface area contributed by atoms with Gasteiger partial charge >= 0.3 is 0 Å². The highest BCUT2D eigenvalue weighted by Gasteiger charge is 2.22. The first-order valence-electron chi connectivity index (χ1n) is 24.6. The van der Waals surface area contributed by atoms with E-state index < -0.39 is 0 Å². The lowest BCUT2D eigenvalue weighted by Gasteiger charge is -2.26. The minimum absolute atomic E-state index is 0.0872. The first kappa shape index (κ1) is 52.5. The number of phenols is 2. The molecule has 0 aliphatic heterocycles. The van der Waals surface area contributed by atoms with Gasteiger partial charge in [0.2, 0.25) is 0 Å². The van der Waals surface area contributed by atoms with Gasteiger partial charge in [-0.25, -0.2) is 0 Å². The van der Waals surface area contributed by atoms with Gasteiger partial charge in [-0.1, -0.05) is 151 Å². The van der Waals surface area contributed by atoms with Crippen LogP contribution in [0.25, 0.3) is 0 Å². The number of carbonyl (C=O) groups is 2. The van der Waals surface area contributed by atoms with Gasteiger partial charge in [-0.2, -0.15) is 0 Å². The maximum Gasteiger partial charge on any atom is 0.251 e. The Labute approximate surface area is 416 Å². The molecule has 70 heavy (non-hydrogen) atoms. The van der Waals surface area contributed by atoms with E-state index in [0.29, 0.717) is 87.7 Å². The lowest BCUT2D eigenvalue weighted by Crippen LogP contribution is -2.30. The summed E-state index contributed by atoms with van der Waals surface area (Å²) in [6, 6.07) is 47.4. The van der Waals surface area contributed by atoms with E-state index in [-0.39, 0.29) is 34.1 Å². The molecule has 0 fully saturated rings. The minimum Gasteiger partial charge on any atom is -0.507 e. The molecular formula is C60H72N6O4. The molecule has 4 N–H and O–H groups in total. The number of hydrogen-bond donors (Lipinski definition) is 4. The number of hydrogen-bond acceptors (Lipinski definition) is 8. The topological polar surface area (TPSA) is 130 Å². The average molecular weight is 941 g/mol. The number of nitrogens with zero attached hydrogens (tertiary/aromatic N) is 4. The van der Waals surface area contributed by atoms with Gasteiger partial charge < -0.3 is 20.8 Å². The molecule has 0 unspecified atom stereocenters. The fraction of sp³-hybridized carbons (Fsp3) is 0.333. The van der Waals surface area contributed by atoms with Crippen LogP contribution in [0.3, 0.4) is 0 Å². The van der Waals surface area contributed by atoms with E-state index in [4.69, 9.17) is 9.98 Å². The fourth-order valence-electron chi connectivity index (χ4n) is 8.17. The van der Waals surface area contributed by atoms with Crippen LogP contribution >= 0.6 is 0 Å². The smallest absolute Gasteiger partial charge is 0.251 e. The largest absolute Gasteiger partial charge is 0.507 e. The molecule has 0 aliphatic carbocycles. The molecular weight excluding hydrogens is 869 g/mol. The molecule has 0 aromatic heterocycles. The molecule has 0 radical (unpaired) electrons. The SMILES string of the molecule is CC(C)(C)c1cc(C=NCCN=Cc2cc(C(C)(C)C)cc(CN(CCCNC(=O)c3ccccc3)Cc3ccccc3)c2O)c(O)c(CN(CCCNC(=O)c2ccccc2)Cc2ccccc2)c1. The second-order valence-electron chi connectivity index (χ2n) is 20.1. The zero-order valence-corrected chi connectivity index (χ0v) is 42.0. The molecule has 0 heterocycles. The first-order valence-corrected chi connectivity index (χ1v) is 24.6.